The summed E-state index contributed by atoms with van der Waals surface area (Å²) in [6.45, 7) is 2.02. The van der Waals surface area contributed by atoms with Crippen LogP contribution in [0, 0.1) is 0 Å². The van der Waals surface area contributed by atoms with Gasteiger partial charge >= 0.3 is 0 Å². The average molecular weight is 132 g/mol. The van der Waals surface area contributed by atoms with E-state index in [4.69, 9.17) is 0 Å². The molecule has 1 aliphatic carbocycles. The van der Waals surface area contributed by atoms with Crippen LogP contribution in [-0.4, -0.2) is 0 Å². The van der Waals surface area contributed by atoms with Gasteiger partial charge in [0, 0.05) is 0 Å². The Morgan fingerprint density at radius 3 is 2.90 bits per heavy atom. The van der Waals surface area contributed by atoms with Crippen molar-refractivity contribution in [2.45, 2.75) is 13.3 Å². The van der Waals surface area contributed by atoms with Crippen LogP contribution in [0.5, 0.6) is 0 Å². The first-order valence-electron chi connectivity index (χ1n) is 3.58. The Kier molecular flexibility index (Phi) is 2.75. The average Bonchev–Trinajstić information content (AvgIpc) is 2.41. The zero-order valence-electron chi connectivity index (χ0n) is 6.25. The molecule has 0 N–H and O–H groups in total. The molecule has 0 saturated heterocycles. The Labute approximate surface area is 62.3 Å². The smallest absolute Gasteiger partial charge is 0.00943 e. The summed E-state index contributed by atoms with van der Waals surface area (Å²) >= 11 is 0. The summed E-state index contributed by atoms with van der Waals surface area (Å²) in [7, 11) is 0. The molecular formula is C10H12. The van der Waals surface area contributed by atoms with Gasteiger partial charge in [0.15, 0.2) is 0 Å². The van der Waals surface area contributed by atoms with E-state index in [1.807, 2.05) is 19.1 Å². The summed E-state index contributed by atoms with van der Waals surface area (Å²) in [5, 5.41) is 0. The summed E-state index contributed by atoms with van der Waals surface area (Å²) in [6, 6.07) is 0. The first-order valence-corrected chi connectivity index (χ1v) is 3.58. The Hall–Kier alpha value is -1.04. The number of hydrogen-bond donors (Lipinski definition) is 0. The van der Waals surface area contributed by atoms with Crippen LogP contribution in [0.1, 0.15) is 13.3 Å². The zero-order chi connectivity index (χ0) is 7.23. The highest BCUT2D eigenvalue weighted by atomic mass is 14.0. The molecule has 10 heavy (non-hydrogen) atoms. The van der Waals surface area contributed by atoms with E-state index in [-0.39, 0.29) is 0 Å². The van der Waals surface area contributed by atoms with Gasteiger partial charge in [0.2, 0.25) is 0 Å². The van der Waals surface area contributed by atoms with Crippen LogP contribution in [0.15, 0.2) is 48.1 Å². The van der Waals surface area contributed by atoms with E-state index >= 15 is 0 Å². The molecule has 1 aliphatic rings. The van der Waals surface area contributed by atoms with Crippen molar-refractivity contribution in [3.05, 3.63) is 48.1 Å². The topological polar surface area (TPSA) is 0 Å². The normalized spacial score (nSPS) is 17.5. The monoisotopic (exact) mass is 132 g/mol. The van der Waals surface area contributed by atoms with Crippen molar-refractivity contribution in [2.75, 3.05) is 0 Å². The highest BCUT2D eigenvalue weighted by Gasteiger charge is 1.90. The molecule has 0 aromatic carbocycles. The second-order valence-electron chi connectivity index (χ2n) is 2.26. The molecule has 0 aromatic heterocycles. The zero-order valence-corrected chi connectivity index (χ0v) is 6.25. The van der Waals surface area contributed by atoms with E-state index in [9.17, 15) is 0 Å². The molecule has 1 rings (SSSR count). The van der Waals surface area contributed by atoms with Crippen molar-refractivity contribution < 1.29 is 0 Å². The maximum absolute atomic E-state index is 2.16. The number of allylic oxidation sites excluding steroid dienone is 8. The fraction of sp³-hybridized carbons (Fsp3) is 0.200. The molecule has 0 heteroatoms. The molecule has 0 amide bonds. The van der Waals surface area contributed by atoms with E-state index in [0.717, 1.165) is 6.42 Å². The van der Waals surface area contributed by atoms with Crippen molar-refractivity contribution in [2.24, 2.45) is 0 Å². The van der Waals surface area contributed by atoms with Crippen LogP contribution in [0.4, 0.5) is 0 Å². The molecule has 0 unspecified atom stereocenters. The third-order valence-corrected chi connectivity index (χ3v) is 1.41. The molecule has 0 radical (unpaired) electrons. The van der Waals surface area contributed by atoms with Gasteiger partial charge in [-0.3, -0.25) is 0 Å². The third kappa shape index (κ3) is 2.06. The quantitative estimate of drug-likeness (QED) is 0.507. The molecule has 0 aromatic rings. The second kappa shape index (κ2) is 3.89. The second-order valence-corrected chi connectivity index (χ2v) is 2.26. The van der Waals surface area contributed by atoms with E-state index in [2.05, 4.69) is 30.4 Å². The summed E-state index contributed by atoms with van der Waals surface area (Å²) in [5.41, 5.74) is 1.39. The Morgan fingerprint density at radius 2 is 2.30 bits per heavy atom. The van der Waals surface area contributed by atoms with Crippen molar-refractivity contribution in [3.8, 4) is 0 Å². The van der Waals surface area contributed by atoms with Gasteiger partial charge in [-0.15, -0.1) is 0 Å². The lowest BCUT2D eigenvalue weighted by atomic mass is 10.2. The van der Waals surface area contributed by atoms with Crippen molar-refractivity contribution in [3.63, 3.8) is 0 Å². The van der Waals surface area contributed by atoms with E-state index in [0.29, 0.717) is 0 Å². The van der Waals surface area contributed by atoms with Crippen LogP contribution in [-0.2, 0) is 0 Å². The predicted octanol–water partition coefficient (Wildman–Crippen LogP) is 3.01. The van der Waals surface area contributed by atoms with Crippen LogP contribution < -0.4 is 0 Å². The third-order valence-electron chi connectivity index (χ3n) is 1.41. The summed E-state index contributed by atoms with van der Waals surface area (Å²) in [6.07, 6.45) is 15.8. The highest BCUT2D eigenvalue weighted by Crippen LogP contribution is 2.10. The van der Waals surface area contributed by atoms with Gasteiger partial charge in [-0.05, 0) is 18.9 Å². The lowest BCUT2D eigenvalue weighted by molar-refractivity contribution is 1.33. The molecule has 52 valence electrons. The predicted molar refractivity (Wildman–Crippen MR) is 45.8 cm³/mol. The van der Waals surface area contributed by atoms with Gasteiger partial charge < -0.3 is 0 Å². The summed E-state index contributed by atoms with van der Waals surface area (Å²) in [5.74, 6) is 0. The van der Waals surface area contributed by atoms with E-state index in [1.54, 1.807) is 0 Å². The first-order chi connectivity index (χ1) is 4.93. The highest BCUT2D eigenvalue weighted by molar-refractivity contribution is 5.32. The van der Waals surface area contributed by atoms with Gasteiger partial charge in [0.05, 0.1) is 0 Å². The molecule has 0 fully saturated rings. The Morgan fingerprint density at radius 1 is 1.40 bits per heavy atom. The molecule has 0 spiro atoms. The summed E-state index contributed by atoms with van der Waals surface area (Å²) < 4.78 is 0. The molecule has 0 aliphatic heterocycles. The molecule has 0 bridgehead atoms. The lowest BCUT2D eigenvalue weighted by Crippen LogP contribution is -1.66. The van der Waals surface area contributed by atoms with E-state index < -0.39 is 0 Å². The summed E-state index contributed by atoms with van der Waals surface area (Å²) in [4.78, 5) is 0. The number of rotatable bonds is 2. The maximum Gasteiger partial charge on any atom is -0.00943 e. The van der Waals surface area contributed by atoms with Gasteiger partial charge in [0.1, 0.15) is 0 Å². The SMILES string of the molecule is C/C=C\C=C/C1=CC=CC1. The first kappa shape index (κ1) is 7.07. The standard InChI is InChI=1S/C10H12/c1-2-3-4-7-10-8-5-6-9-10/h2-8H,9H2,1H3/b3-2-,7-4-. The van der Waals surface area contributed by atoms with Gasteiger partial charge in [-0.2, -0.15) is 0 Å². The van der Waals surface area contributed by atoms with Crippen LogP contribution in [0.25, 0.3) is 0 Å². The van der Waals surface area contributed by atoms with Crippen LogP contribution in [0.2, 0.25) is 0 Å². The van der Waals surface area contributed by atoms with Crippen molar-refractivity contribution in [1.82, 2.24) is 0 Å². The van der Waals surface area contributed by atoms with Crippen LogP contribution >= 0.6 is 0 Å². The molecular weight excluding hydrogens is 120 g/mol. The van der Waals surface area contributed by atoms with Gasteiger partial charge in [-0.1, -0.05) is 42.5 Å². The minimum Gasteiger partial charge on any atom is -0.0877 e. The van der Waals surface area contributed by atoms with Crippen molar-refractivity contribution in [1.29, 1.82) is 0 Å². The molecule has 0 heterocycles. The maximum atomic E-state index is 2.16. The largest absolute Gasteiger partial charge is 0.0877 e. The number of hydrogen-bond acceptors (Lipinski definition) is 0. The van der Waals surface area contributed by atoms with Crippen LogP contribution in [0.3, 0.4) is 0 Å². The molecule has 0 saturated carbocycles. The molecule has 0 atom stereocenters. The lowest BCUT2D eigenvalue weighted by Gasteiger charge is -1.86. The fourth-order valence-corrected chi connectivity index (χ4v) is 0.878. The molecule has 0 nitrogen and oxygen atoms in total. The van der Waals surface area contributed by atoms with E-state index in [1.165, 1.54) is 5.57 Å². The van der Waals surface area contributed by atoms with Gasteiger partial charge in [-0.25, -0.2) is 0 Å². The Balaban J connectivity index is 2.39. The minimum atomic E-state index is 1.09. The van der Waals surface area contributed by atoms with Crippen molar-refractivity contribution >= 4 is 0 Å². The fourth-order valence-electron chi connectivity index (χ4n) is 0.878. The minimum absolute atomic E-state index is 1.09. The van der Waals surface area contributed by atoms with Gasteiger partial charge in [0.25, 0.3) is 0 Å². The Bertz CT molecular complexity index is 202.